The lowest BCUT2D eigenvalue weighted by Crippen LogP contribution is -2.01. The Balaban J connectivity index is 2.69. The van der Waals surface area contributed by atoms with E-state index in [4.69, 9.17) is 10.4 Å². The van der Waals surface area contributed by atoms with Gasteiger partial charge in [0.05, 0.1) is 17.2 Å². The summed E-state index contributed by atoms with van der Waals surface area (Å²) in [6.07, 6.45) is 0. The number of rotatable bonds is 2. The van der Waals surface area contributed by atoms with Crippen LogP contribution in [0.3, 0.4) is 0 Å². The Morgan fingerprint density at radius 2 is 2.00 bits per heavy atom. The van der Waals surface area contributed by atoms with Crippen LogP contribution in [-0.4, -0.2) is 11.1 Å². The van der Waals surface area contributed by atoms with Crippen LogP contribution in [0.5, 0.6) is 0 Å². The largest absolute Gasteiger partial charge is 0.478 e. The van der Waals surface area contributed by atoms with Crippen molar-refractivity contribution in [2.45, 2.75) is 6.92 Å². The molecular weight excluding hydrogens is 245 g/mol. The number of hydrogen-bond acceptors (Lipinski definition) is 2. The third kappa shape index (κ3) is 2.31. The second-order valence-corrected chi connectivity index (χ2v) is 4.09. The Labute approximate surface area is 109 Å². The van der Waals surface area contributed by atoms with Gasteiger partial charge in [-0.1, -0.05) is 12.1 Å². The van der Waals surface area contributed by atoms with Gasteiger partial charge in [-0.3, -0.25) is 0 Å². The van der Waals surface area contributed by atoms with Crippen molar-refractivity contribution in [1.29, 1.82) is 5.26 Å². The fourth-order valence-corrected chi connectivity index (χ4v) is 1.96. The summed E-state index contributed by atoms with van der Waals surface area (Å²) in [5.74, 6) is -1.54. The van der Waals surface area contributed by atoms with Crippen LogP contribution in [0, 0.1) is 24.1 Å². The molecule has 0 bridgehead atoms. The number of carbonyl (C=O) groups is 1. The standard InChI is InChI=1S/C15H10FNO2/c1-9-11(3-2-4-12(9)15(18)19)13-7-10(8-17)5-6-14(13)16/h2-7H,1H3,(H,18,19). The van der Waals surface area contributed by atoms with Gasteiger partial charge in [-0.2, -0.15) is 5.26 Å². The van der Waals surface area contributed by atoms with Gasteiger partial charge in [0, 0.05) is 5.56 Å². The molecule has 0 aromatic heterocycles. The molecule has 0 radical (unpaired) electrons. The molecule has 2 aromatic carbocycles. The Bertz CT molecular complexity index is 702. The Hall–Kier alpha value is -2.67. The Kier molecular flexibility index (Phi) is 3.30. The maximum absolute atomic E-state index is 13.8. The molecule has 0 saturated heterocycles. The van der Waals surface area contributed by atoms with E-state index in [0.717, 1.165) is 0 Å². The van der Waals surface area contributed by atoms with E-state index in [1.807, 2.05) is 6.07 Å². The maximum Gasteiger partial charge on any atom is 0.335 e. The van der Waals surface area contributed by atoms with Gasteiger partial charge in [-0.25, -0.2) is 9.18 Å². The van der Waals surface area contributed by atoms with Crippen LogP contribution < -0.4 is 0 Å². The number of hydrogen-bond donors (Lipinski definition) is 1. The zero-order valence-corrected chi connectivity index (χ0v) is 10.1. The van der Waals surface area contributed by atoms with Crippen molar-refractivity contribution in [2.75, 3.05) is 0 Å². The van der Waals surface area contributed by atoms with Crippen molar-refractivity contribution < 1.29 is 14.3 Å². The number of nitriles is 1. The van der Waals surface area contributed by atoms with Crippen LogP contribution >= 0.6 is 0 Å². The van der Waals surface area contributed by atoms with Gasteiger partial charge in [0.2, 0.25) is 0 Å². The molecule has 0 aliphatic heterocycles. The van der Waals surface area contributed by atoms with Gasteiger partial charge in [0.15, 0.2) is 0 Å². The number of halogens is 1. The summed E-state index contributed by atoms with van der Waals surface area (Å²) in [5.41, 5.74) is 1.65. The quantitative estimate of drug-likeness (QED) is 0.894. The lowest BCUT2D eigenvalue weighted by atomic mass is 9.95. The molecule has 4 heteroatoms. The smallest absolute Gasteiger partial charge is 0.335 e. The molecular formula is C15H10FNO2. The summed E-state index contributed by atoms with van der Waals surface area (Å²) >= 11 is 0. The van der Waals surface area contributed by atoms with Crippen LogP contribution in [0.15, 0.2) is 36.4 Å². The van der Waals surface area contributed by atoms with Gasteiger partial charge in [-0.05, 0) is 42.3 Å². The third-order valence-corrected chi connectivity index (χ3v) is 2.95. The van der Waals surface area contributed by atoms with Crippen molar-refractivity contribution in [2.24, 2.45) is 0 Å². The molecule has 0 heterocycles. The minimum Gasteiger partial charge on any atom is -0.478 e. The summed E-state index contributed by atoms with van der Waals surface area (Å²) in [6, 6.07) is 10.6. The van der Waals surface area contributed by atoms with Crippen molar-refractivity contribution in [3.8, 4) is 17.2 Å². The Morgan fingerprint density at radius 1 is 1.26 bits per heavy atom. The first-order valence-electron chi connectivity index (χ1n) is 5.57. The van der Waals surface area contributed by atoms with Gasteiger partial charge < -0.3 is 5.11 Å². The molecule has 2 rings (SSSR count). The maximum atomic E-state index is 13.8. The molecule has 1 N–H and O–H groups in total. The van der Waals surface area contributed by atoms with E-state index in [9.17, 15) is 9.18 Å². The summed E-state index contributed by atoms with van der Waals surface area (Å²) in [6.45, 7) is 1.62. The molecule has 0 spiro atoms. The number of nitrogens with zero attached hydrogens (tertiary/aromatic N) is 1. The first kappa shape index (κ1) is 12.8. The molecule has 0 saturated carbocycles. The molecule has 0 aliphatic rings. The molecule has 0 fully saturated rings. The molecule has 0 atom stereocenters. The molecule has 3 nitrogen and oxygen atoms in total. The van der Waals surface area contributed by atoms with Crippen molar-refractivity contribution in [1.82, 2.24) is 0 Å². The zero-order chi connectivity index (χ0) is 14.0. The Morgan fingerprint density at radius 3 is 2.63 bits per heavy atom. The molecule has 0 unspecified atom stereocenters. The van der Waals surface area contributed by atoms with Crippen LogP contribution in [-0.2, 0) is 0 Å². The normalized spacial score (nSPS) is 9.95. The van der Waals surface area contributed by atoms with Crippen LogP contribution in [0.25, 0.3) is 11.1 Å². The summed E-state index contributed by atoms with van der Waals surface area (Å²) in [4.78, 5) is 11.1. The molecule has 94 valence electrons. The minimum absolute atomic E-state index is 0.124. The number of carboxylic acid groups (broad SMARTS) is 1. The van der Waals surface area contributed by atoms with Crippen molar-refractivity contribution in [3.05, 3.63) is 58.9 Å². The fourth-order valence-electron chi connectivity index (χ4n) is 1.96. The van der Waals surface area contributed by atoms with E-state index < -0.39 is 11.8 Å². The predicted molar refractivity (Wildman–Crippen MR) is 68.2 cm³/mol. The third-order valence-electron chi connectivity index (χ3n) is 2.95. The van der Waals surface area contributed by atoms with E-state index in [2.05, 4.69) is 0 Å². The average Bonchev–Trinajstić information content (AvgIpc) is 2.39. The van der Waals surface area contributed by atoms with E-state index in [1.165, 1.54) is 24.3 Å². The van der Waals surface area contributed by atoms with Gasteiger partial charge >= 0.3 is 5.97 Å². The van der Waals surface area contributed by atoms with Crippen LogP contribution in [0.4, 0.5) is 4.39 Å². The van der Waals surface area contributed by atoms with Crippen molar-refractivity contribution in [3.63, 3.8) is 0 Å². The summed E-state index contributed by atoms with van der Waals surface area (Å²) in [5, 5.41) is 17.9. The lowest BCUT2D eigenvalue weighted by Gasteiger charge is -2.10. The van der Waals surface area contributed by atoms with Crippen LogP contribution in [0.2, 0.25) is 0 Å². The first-order valence-corrected chi connectivity index (χ1v) is 5.57. The first-order chi connectivity index (χ1) is 9.04. The average molecular weight is 255 g/mol. The second-order valence-electron chi connectivity index (χ2n) is 4.09. The van der Waals surface area contributed by atoms with E-state index in [1.54, 1.807) is 19.1 Å². The van der Waals surface area contributed by atoms with Gasteiger partial charge in [-0.15, -0.1) is 0 Å². The van der Waals surface area contributed by atoms with Crippen LogP contribution in [0.1, 0.15) is 21.5 Å². The van der Waals surface area contributed by atoms with E-state index in [0.29, 0.717) is 16.7 Å². The zero-order valence-electron chi connectivity index (χ0n) is 10.1. The topological polar surface area (TPSA) is 61.1 Å². The summed E-state index contributed by atoms with van der Waals surface area (Å²) < 4.78 is 13.8. The number of benzene rings is 2. The molecule has 0 aliphatic carbocycles. The molecule has 0 amide bonds. The second kappa shape index (κ2) is 4.91. The van der Waals surface area contributed by atoms with Gasteiger partial charge in [0.1, 0.15) is 5.82 Å². The molecule has 19 heavy (non-hydrogen) atoms. The number of carboxylic acids is 1. The van der Waals surface area contributed by atoms with E-state index in [-0.39, 0.29) is 11.1 Å². The monoisotopic (exact) mass is 255 g/mol. The van der Waals surface area contributed by atoms with E-state index >= 15 is 0 Å². The highest BCUT2D eigenvalue weighted by atomic mass is 19.1. The number of aromatic carboxylic acids is 1. The van der Waals surface area contributed by atoms with Crippen molar-refractivity contribution >= 4 is 5.97 Å². The summed E-state index contributed by atoms with van der Waals surface area (Å²) in [7, 11) is 0. The predicted octanol–water partition coefficient (Wildman–Crippen LogP) is 3.37. The SMILES string of the molecule is Cc1c(C(=O)O)cccc1-c1cc(C#N)ccc1F. The van der Waals surface area contributed by atoms with Gasteiger partial charge in [0.25, 0.3) is 0 Å². The highest BCUT2D eigenvalue weighted by molar-refractivity contribution is 5.92. The lowest BCUT2D eigenvalue weighted by molar-refractivity contribution is 0.0696. The highest BCUT2D eigenvalue weighted by Crippen LogP contribution is 2.28. The molecule has 2 aromatic rings. The highest BCUT2D eigenvalue weighted by Gasteiger charge is 2.14. The minimum atomic E-state index is -1.06. The fraction of sp³-hybridized carbons (Fsp3) is 0.0667.